The maximum absolute atomic E-state index is 12.8. The molecule has 0 spiro atoms. The van der Waals surface area contributed by atoms with Crippen molar-refractivity contribution in [1.29, 1.82) is 0 Å². The second kappa shape index (κ2) is 8.36. The van der Waals surface area contributed by atoms with Gasteiger partial charge in [0.2, 0.25) is 5.95 Å². The quantitative estimate of drug-likeness (QED) is 0.543. The first kappa shape index (κ1) is 19.8. The minimum atomic E-state index is -1.08. The number of ether oxygens (including phenoxy) is 1. The number of aliphatic carboxylic acids is 1. The molecule has 2 aromatic rings. The predicted molar refractivity (Wildman–Crippen MR) is 110 cm³/mol. The standard InChI is InChI=1S/C18H16N4O4S2/c1-10-7-11(2)20-17(19-10)21-22-16(25)14(28-18(22)27)8-12-5-3-4-6-13(12)26-9-15(23)24/h3-8H,9H2,1-2H3,(H,23,24)(H,19,20,21). The van der Waals surface area contributed by atoms with Crippen LogP contribution in [-0.4, -0.2) is 42.9 Å². The molecule has 2 heterocycles. The highest BCUT2D eigenvalue weighted by Gasteiger charge is 2.33. The summed E-state index contributed by atoms with van der Waals surface area (Å²) in [6.45, 7) is 3.19. The van der Waals surface area contributed by atoms with Crippen LogP contribution in [0.15, 0.2) is 35.2 Å². The molecule has 8 nitrogen and oxygen atoms in total. The van der Waals surface area contributed by atoms with E-state index in [0.717, 1.165) is 23.1 Å². The molecule has 1 aliphatic heterocycles. The number of nitrogens with one attached hydrogen (secondary N) is 1. The van der Waals surface area contributed by atoms with E-state index in [0.29, 0.717) is 20.5 Å². The maximum atomic E-state index is 12.8. The molecular weight excluding hydrogens is 400 g/mol. The van der Waals surface area contributed by atoms with Crippen molar-refractivity contribution in [3.8, 4) is 5.75 Å². The number of anilines is 1. The largest absolute Gasteiger partial charge is 0.481 e. The first-order chi connectivity index (χ1) is 13.3. The molecule has 0 atom stereocenters. The van der Waals surface area contributed by atoms with E-state index in [1.165, 1.54) is 5.01 Å². The number of carboxylic acid groups (broad SMARTS) is 1. The van der Waals surface area contributed by atoms with Crippen LogP contribution in [0.25, 0.3) is 6.08 Å². The van der Waals surface area contributed by atoms with E-state index in [1.807, 2.05) is 19.9 Å². The highest BCUT2D eigenvalue weighted by atomic mass is 32.2. The molecule has 1 saturated heterocycles. The predicted octanol–water partition coefficient (Wildman–Crippen LogP) is 2.79. The summed E-state index contributed by atoms with van der Waals surface area (Å²) in [5.74, 6) is -0.800. The second-order valence-corrected chi connectivity index (χ2v) is 7.50. The van der Waals surface area contributed by atoms with Crippen molar-refractivity contribution in [2.75, 3.05) is 12.0 Å². The van der Waals surface area contributed by atoms with Crippen LogP contribution in [0.5, 0.6) is 5.75 Å². The Kier molecular flexibility index (Phi) is 5.90. The molecule has 3 rings (SSSR count). The summed E-state index contributed by atoms with van der Waals surface area (Å²) in [5.41, 5.74) is 4.95. The van der Waals surface area contributed by atoms with Gasteiger partial charge in [-0.25, -0.2) is 14.8 Å². The number of rotatable bonds is 6. The number of hydrazine groups is 1. The van der Waals surface area contributed by atoms with Crippen molar-refractivity contribution in [3.63, 3.8) is 0 Å². The number of carbonyl (C=O) groups is 2. The van der Waals surface area contributed by atoms with Crippen molar-refractivity contribution >= 4 is 52.2 Å². The fraction of sp³-hybridized carbons (Fsp3) is 0.167. The Bertz CT molecular complexity index is 973. The third-order valence-electron chi connectivity index (χ3n) is 3.54. The summed E-state index contributed by atoms with van der Waals surface area (Å²) in [7, 11) is 0. The molecule has 1 amide bonds. The first-order valence-corrected chi connectivity index (χ1v) is 9.36. The summed E-state index contributed by atoms with van der Waals surface area (Å²) in [6, 6.07) is 8.67. The van der Waals surface area contributed by atoms with E-state index in [9.17, 15) is 9.59 Å². The molecule has 2 N–H and O–H groups in total. The molecular formula is C18H16N4O4S2. The van der Waals surface area contributed by atoms with Crippen molar-refractivity contribution in [1.82, 2.24) is 15.0 Å². The van der Waals surface area contributed by atoms with Crippen LogP contribution in [0.1, 0.15) is 17.0 Å². The summed E-state index contributed by atoms with van der Waals surface area (Å²) >= 11 is 6.41. The SMILES string of the molecule is Cc1cc(C)nc(NN2C(=O)C(=Cc3ccccc3OCC(=O)O)SC2=S)n1. The summed E-state index contributed by atoms with van der Waals surface area (Å²) < 4.78 is 5.58. The zero-order valence-corrected chi connectivity index (χ0v) is 16.6. The highest BCUT2D eigenvalue weighted by molar-refractivity contribution is 8.26. The van der Waals surface area contributed by atoms with Crippen molar-refractivity contribution in [2.45, 2.75) is 13.8 Å². The van der Waals surface area contributed by atoms with Crippen LogP contribution >= 0.6 is 24.0 Å². The monoisotopic (exact) mass is 416 g/mol. The van der Waals surface area contributed by atoms with Crippen LogP contribution in [0, 0.1) is 13.8 Å². The van der Waals surface area contributed by atoms with Gasteiger partial charge in [0.1, 0.15) is 5.75 Å². The Morgan fingerprint density at radius 1 is 1.32 bits per heavy atom. The van der Waals surface area contributed by atoms with Crippen LogP contribution in [-0.2, 0) is 9.59 Å². The Balaban J connectivity index is 1.82. The molecule has 1 aromatic carbocycles. The number of nitrogens with zero attached hydrogens (tertiary/aromatic N) is 3. The van der Waals surface area contributed by atoms with Gasteiger partial charge in [0.15, 0.2) is 10.9 Å². The van der Waals surface area contributed by atoms with Crippen molar-refractivity contribution in [3.05, 3.63) is 52.2 Å². The Hall–Kier alpha value is -2.98. The zero-order valence-electron chi connectivity index (χ0n) is 15.0. The number of para-hydroxylation sites is 1. The van der Waals surface area contributed by atoms with E-state index in [-0.39, 0.29) is 11.9 Å². The van der Waals surface area contributed by atoms with Gasteiger partial charge in [0.25, 0.3) is 5.91 Å². The second-order valence-electron chi connectivity index (χ2n) is 5.82. The number of hydrogen-bond donors (Lipinski definition) is 2. The smallest absolute Gasteiger partial charge is 0.341 e. The first-order valence-electron chi connectivity index (χ1n) is 8.14. The number of carboxylic acids is 1. The zero-order chi connectivity index (χ0) is 20.3. The van der Waals surface area contributed by atoms with Crippen LogP contribution in [0.2, 0.25) is 0 Å². The lowest BCUT2D eigenvalue weighted by Crippen LogP contribution is -2.34. The van der Waals surface area contributed by atoms with Crippen LogP contribution in [0.3, 0.4) is 0 Å². The molecule has 0 bridgehead atoms. The minimum Gasteiger partial charge on any atom is -0.481 e. The van der Waals surface area contributed by atoms with Gasteiger partial charge in [0.05, 0.1) is 4.91 Å². The van der Waals surface area contributed by atoms with Crippen LogP contribution in [0.4, 0.5) is 5.95 Å². The number of carbonyl (C=O) groups excluding carboxylic acids is 1. The summed E-state index contributed by atoms with van der Waals surface area (Å²) in [4.78, 5) is 32.4. The average molecular weight is 416 g/mol. The van der Waals surface area contributed by atoms with Gasteiger partial charge in [0, 0.05) is 17.0 Å². The van der Waals surface area contributed by atoms with E-state index >= 15 is 0 Å². The Morgan fingerprint density at radius 3 is 2.68 bits per heavy atom. The number of thioether (sulfide) groups is 1. The topological polar surface area (TPSA) is 105 Å². The maximum Gasteiger partial charge on any atom is 0.341 e. The normalized spacial score (nSPS) is 15.2. The molecule has 1 aliphatic rings. The molecule has 144 valence electrons. The van der Waals surface area contributed by atoms with Gasteiger partial charge in [-0.2, -0.15) is 5.01 Å². The fourth-order valence-corrected chi connectivity index (χ4v) is 3.62. The molecule has 0 radical (unpaired) electrons. The van der Waals surface area contributed by atoms with E-state index < -0.39 is 12.6 Å². The van der Waals surface area contributed by atoms with Gasteiger partial charge < -0.3 is 9.84 Å². The van der Waals surface area contributed by atoms with Crippen LogP contribution < -0.4 is 10.2 Å². The molecule has 0 unspecified atom stereocenters. The number of amides is 1. The minimum absolute atomic E-state index is 0.278. The molecule has 0 saturated carbocycles. The van der Waals surface area contributed by atoms with E-state index in [1.54, 1.807) is 30.3 Å². The lowest BCUT2D eigenvalue weighted by molar-refractivity contribution is -0.139. The van der Waals surface area contributed by atoms with Gasteiger partial charge in [-0.15, -0.1) is 0 Å². The molecule has 10 heteroatoms. The van der Waals surface area contributed by atoms with Crippen molar-refractivity contribution < 1.29 is 19.4 Å². The fourth-order valence-electron chi connectivity index (χ4n) is 2.45. The lowest BCUT2D eigenvalue weighted by atomic mass is 10.2. The number of aromatic nitrogens is 2. The number of thiocarbonyl (C=S) groups is 1. The molecule has 28 heavy (non-hydrogen) atoms. The van der Waals surface area contributed by atoms with Gasteiger partial charge in [-0.1, -0.05) is 30.0 Å². The Morgan fingerprint density at radius 2 is 2.00 bits per heavy atom. The number of aryl methyl sites for hydroxylation is 2. The molecule has 1 fully saturated rings. The third kappa shape index (κ3) is 4.65. The number of benzene rings is 1. The molecule has 1 aromatic heterocycles. The lowest BCUT2D eigenvalue weighted by Gasteiger charge is -2.16. The van der Waals surface area contributed by atoms with Gasteiger partial charge in [-0.05, 0) is 44.3 Å². The van der Waals surface area contributed by atoms with E-state index in [2.05, 4.69) is 15.4 Å². The highest BCUT2D eigenvalue weighted by Crippen LogP contribution is 2.34. The van der Waals surface area contributed by atoms with Gasteiger partial charge >= 0.3 is 5.97 Å². The average Bonchev–Trinajstić information content (AvgIpc) is 2.87. The molecule has 0 aliphatic carbocycles. The summed E-state index contributed by atoms with van der Waals surface area (Å²) in [5, 5.41) is 10.0. The van der Waals surface area contributed by atoms with Gasteiger partial charge in [-0.3, -0.25) is 10.2 Å². The Labute approximate surface area is 170 Å². The number of hydrogen-bond acceptors (Lipinski definition) is 8. The summed E-state index contributed by atoms with van der Waals surface area (Å²) in [6.07, 6.45) is 1.61. The van der Waals surface area contributed by atoms with Crippen molar-refractivity contribution in [2.24, 2.45) is 0 Å². The van der Waals surface area contributed by atoms with E-state index in [4.69, 9.17) is 22.1 Å². The third-order valence-corrected chi connectivity index (χ3v) is 4.85.